The fourth-order valence-corrected chi connectivity index (χ4v) is 1.90. The highest BCUT2D eigenvalue weighted by atomic mass is 16.5. The molecule has 2 N–H and O–H groups in total. The van der Waals surface area contributed by atoms with Crippen molar-refractivity contribution in [2.24, 2.45) is 0 Å². The average molecular weight is 287 g/mol. The lowest BCUT2D eigenvalue weighted by molar-refractivity contribution is 0.105. The second-order valence-corrected chi connectivity index (χ2v) is 5.07. The molecule has 0 saturated carbocycles. The van der Waals surface area contributed by atoms with E-state index in [0.717, 1.165) is 22.6 Å². The maximum absolute atomic E-state index is 9.93. The predicted molar refractivity (Wildman–Crippen MR) is 81.2 cm³/mol. The summed E-state index contributed by atoms with van der Waals surface area (Å²) in [6, 6.07) is 7.88. The van der Waals surface area contributed by atoms with E-state index in [9.17, 15) is 5.11 Å². The molecule has 0 saturated heterocycles. The Morgan fingerprint density at radius 2 is 2.14 bits per heavy atom. The van der Waals surface area contributed by atoms with Crippen LogP contribution < -0.4 is 10.1 Å². The Bertz CT molecular complexity index is 561. The molecular formula is C16H21N3O2. The van der Waals surface area contributed by atoms with E-state index in [1.165, 1.54) is 6.33 Å². The summed E-state index contributed by atoms with van der Waals surface area (Å²) in [6.45, 7) is 5.33. The van der Waals surface area contributed by atoms with Crippen molar-refractivity contribution in [1.82, 2.24) is 15.3 Å². The molecule has 0 aliphatic carbocycles. The molecule has 0 aliphatic heterocycles. The van der Waals surface area contributed by atoms with Gasteiger partial charge in [0, 0.05) is 19.3 Å². The van der Waals surface area contributed by atoms with Gasteiger partial charge in [-0.25, -0.2) is 9.97 Å². The molecule has 0 amide bonds. The van der Waals surface area contributed by atoms with Crippen LogP contribution in [0.3, 0.4) is 0 Å². The highest BCUT2D eigenvalue weighted by Gasteiger charge is 2.07. The van der Waals surface area contributed by atoms with E-state index < -0.39 is 6.10 Å². The second-order valence-electron chi connectivity index (χ2n) is 5.07. The van der Waals surface area contributed by atoms with Crippen LogP contribution in [0.15, 0.2) is 36.8 Å². The molecule has 0 fully saturated rings. The fourth-order valence-electron chi connectivity index (χ4n) is 1.90. The van der Waals surface area contributed by atoms with Gasteiger partial charge in [-0.15, -0.1) is 0 Å². The summed E-state index contributed by atoms with van der Waals surface area (Å²) in [5, 5.41) is 13.1. The third kappa shape index (κ3) is 5.13. The van der Waals surface area contributed by atoms with Crippen molar-refractivity contribution in [1.29, 1.82) is 0 Å². The first-order valence-corrected chi connectivity index (χ1v) is 6.99. The summed E-state index contributed by atoms with van der Waals surface area (Å²) in [7, 11) is 0. The molecular weight excluding hydrogens is 266 g/mol. The number of aliphatic hydroxyl groups excluding tert-OH is 1. The molecule has 112 valence electrons. The molecule has 0 bridgehead atoms. The van der Waals surface area contributed by atoms with E-state index in [0.29, 0.717) is 13.1 Å². The molecule has 0 aliphatic rings. The van der Waals surface area contributed by atoms with Gasteiger partial charge in [0.05, 0.1) is 5.69 Å². The van der Waals surface area contributed by atoms with Crippen LogP contribution in [0, 0.1) is 13.8 Å². The predicted octanol–water partition coefficient (Wildman–Crippen LogP) is 1.62. The minimum Gasteiger partial charge on any atom is -0.491 e. The van der Waals surface area contributed by atoms with Gasteiger partial charge in [0.25, 0.3) is 0 Å². The van der Waals surface area contributed by atoms with Crippen molar-refractivity contribution < 1.29 is 9.84 Å². The Morgan fingerprint density at radius 1 is 1.29 bits per heavy atom. The van der Waals surface area contributed by atoms with Crippen molar-refractivity contribution in [3.8, 4) is 5.75 Å². The van der Waals surface area contributed by atoms with E-state index in [4.69, 9.17) is 4.74 Å². The number of aliphatic hydroxyl groups is 1. The second kappa shape index (κ2) is 7.71. The largest absolute Gasteiger partial charge is 0.491 e. The number of aryl methyl sites for hydroxylation is 2. The fraction of sp³-hybridized carbons (Fsp3) is 0.375. The standard InChI is InChI=1S/C16H21N3O2/c1-12-3-4-13(2)16(7-12)21-10-15(20)9-18-8-14-5-6-17-11-19-14/h3-7,11,15,18,20H,8-10H2,1-2H3. The normalized spacial score (nSPS) is 12.1. The maximum Gasteiger partial charge on any atom is 0.122 e. The maximum atomic E-state index is 9.93. The van der Waals surface area contributed by atoms with Crippen LogP contribution in [0.5, 0.6) is 5.75 Å². The molecule has 21 heavy (non-hydrogen) atoms. The summed E-state index contributed by atoms with van der Waals surface area (Å²) in [4.78, 5) is 7.96. The van der Waals surface area contributed by atoms with Crippen LogP contribution in [-0.2, 0) is 6.54 Å². The number of benzene rings is 1. The number of aromatic nitrogens is 2. The van der Waals surface area contributed by atoms with Crippen molar-refractivity contribution in [2.75, 3.05) is 13.2 Å². The Morgan fingerprint density at radius 3 is 2.90 bits per heavy atom. The Balaban J connectivity index is 1.72. The van der Waals surface area contributed by atoms with Crippen molar-refractivity contribution in [3.63, 3.8) is 0 Å². The smallest absolute Gasteiger partial charge is 0.122 e. The van der Waals surface area contributed by atoms with E-state index in [1.54, 1.807) is 6.20 Å². The highest BCUT2D eigenvalue weighted by molar-refractivity contribution is 5.35. The summed E-state index contributed by atoms with van der Waals surface area (Å²) in [5.41, 5.74) is 3.11. The summed E-state index contributed by atoms with van der Waals surface area (Å²) in [6.07, 6.45) is 2.65. The number of nitrogens with one attached hydrogen (secondary N) is 1. The van der Waals surface area contributed by atoms with Crippen molar-refractivity contribution in [2.45, 2.75) is 26.5 Å². The van der Waals surface area contributed by atoms with E-state index in [2.05, 4.69) is 15.3 Å². The van der Waals surface area contributed by atoms with Gasteiger partial charge in [-0.2, -0.15) is 0 Å². The zero-order valence-corrected chi connectivity index (χ0v) is 12.4. The van der Waals surface area contributed by atoms with Gasteiger partial charge in [0.2, 0.25) is 0 Å². The monoisotopic (exact) mass is 287 g/mol. The molecule has 1 heterocycles. The van der Waals surface area contributed by atoms with Gasteiger partial charge >= 0.3 is 0 Å². The molecule has 0 spiro atoms. The Labute approximate surface area is 125 Å². The molecule has 1 atom stereocenters. The number of rotatable bonds is 7. The molecule has 0 radical (unpaired) electrons. The van der Waals surface area contributed by atoms with Crippen LogP contribution in [-0.4, -0.2) is 34.3 Å². The molecule has 1 unspecified atom stereocenters. The van der Waals surface area contributed by atoms with Crippen LogP contribution >= 0.6 is 0 Å². The molecule has 1 aromatic carbocycles. The van der Waals surface area contributed by atoms with Crippen LogP contribution in [0.4, 0.5) is 0 Å². The number of hydrogen-bond acceptors (Lipinski definition) is 5. The minimum absolute atomic E-state index is 0.265. The topological polar surface area (TPSA) is 67.3 Å². The zero-order chi connectivity index (χ0) is 15.1. The summed E-state index contributed by atoms with van der Waals surface area (Å²) >= 11 is 0. The lowest BCUT2D eigenvalue weighted by atomic mass is 10.1. The molecule has 1 aromatic heterocycles. The SMILES string of the molecule is Cc1ccc(C)c(OCC(O)CNCc2ccncn2)c1. The van der Waals surface area contributed by atoms with Crippen molar-refractivity contribution >= 4 is 0 Å². The number of ether oxygens (including phenoxy) is 1. The quantitative estimate of drug-likeness (QED) is 0.810. The molecule has 5 nitrogen and oxygen atoms in total. The minimum atomic E-state index is -0.563. The van der Waals surface area contributed by atoms with Gasteiger partial charge in [0.1, 0.15) is 24.8 Å². The van der Waals surface area contributed by atoms with Gasteiger partial charge in [0.15, 0.2) is 0 Å². The molecule has 2 aromatic rings. The van der Waals surface area contributed by atoms with Gasteiger partial charge < -0.3 is 15.2 Å². The Hall–Kier alpha value is -1.98. The van der Waals surface area contributed by atoms with Gasteiger partial charge in [-0.1, -0.05) is 12.1 Å². The first-order chi connectivity index (χ1) is 10.1. The summed E-state index contributed by atoms with van der Waals surface area (Å²) < 4.78 is 5.67. The van der Waals surface area contributed by atoms with E-state index >= 15 is 0 Å². The Kier molecular flexibility index (Phi) is 5.66. The van der Waals surface area contributed by atoms with Gasteiger partial charge in [-0.05, 0) is 37.1 Å². The number of hydrogen-bond donors (Lipinski definition) is 2. The van der Waals surface area contributed by atoms with Crippen LogP contribution in [0.2, 0.25) is 0 Å². The third-order valence-electron chi connectivity index (χ3n) is 3.10. The van der Waals surface area contributed by atoms with E-state index in [-0.39, 0.29) is 6.61 Å². The first-order valence-electron chi connectivity index (χ1n) is 6.99. The van der Waals surface area contributed by atoms with Crippen LogP contribution in [0.1, 0.15) is 16.8 Å². The molecule has 5 heteroatoms. The lowest BCUT2D eigenvalue weighted by Crippen LogP contribution is -2.31. The zero-order valence-electron chi connectivity index (χ0n) is 12.4. The average Bonchev–Trinajstić information content (AvgIpc) is 2.49. The van der Waals surface area contributed by atoms with Gasteiger partial charge in [-0.3, -0.25) is 0 Å². The van der Waals surface area contributed by atoms with Crippen LogP contribution in [0.25, 0.3) is 0 Å². The molecule has 2 rings (SSSR count). The van der Waals surface area contributed by atoms with Crippen molar-refractivity contribution in [3.05, 3.63) is 53.6 Å². The highest BCUT2D eigenvalue weighted by Crippen LogP contribution is 2.19. The first kappa shape index (κ1) is 15.4. The number of nitrogens with zero attached hydrogens (tertiary/aromatic N) is 2. The third-order valence-corrected chi connectivity index (χ3v) is 3.10. The van der Waals surface area contributed by atoms with E-state index in [1.807, 2.05) is 38.1 Å². The lowest BCUT2D eigenvalue weighted by Gasteiger charge is -2.15. The summed E-state index contributed by atoms with van der Waals surface area (Å²) in [5.74, 6) is 0.824.